The van der Waals surface area contributed by atoms with Crippen molar-refractivity contribution in [1.82, 2.24) is 14.7 Å². The van der Waals surface area contributed by atoms with E-state index >= 15 is 0 Å². The highest BCUT2D eigenvalue weighted by Gasteiger charge is 2.23. The van der Waals surface area contributed by atoms with E-state index in [1.54, 1.807) is 17.9 Å². The molecule has 6 heteroatoms. The van der Waals surface area contributed by atoms with E-state index in [4.69, 9.17) is 5.10 Å². The molecule has 0 aliphatic carbocycles. The molecule has 150 valence electrons. The number of carbonyl (C=O) groups excluding carboxylic acids is 2. The predicted octanol–water partition coefficient (Wildman–Crippen LogP) is 3.46. The summed E-state index contributed by atoms with van der Waals surface area (Å²) < 4.78 is 6.44. The van der Waals surface area contributed by atoms with Crippen LogP contribution in [0.15, 0.2) is 54.7 Å². The van der Waals surface area contributed by atoms with Crippen LogP contribution in [0.2, 0.25) is 0 Å². The Kier molecular flexibility index (Phi) is 6.12. The van der Waals surface area contributed by atoms with Gasteiger partial charge in [0.15, 0.2) is 0 Å². The van der Waals surface area contributed by atoms with Crippen LogP contribution in [0.4, 0.5) is 0 Å². The van der Waals surface area contributed by atoms with E-state index in [1.165, 1.54) is 17.6 Å². The zero-order valence-corrected chi connectivity index (χ0v) is 17.2. The quantitative estimate of drug-likeness (QED) is 0.604. The molecule has 0 fully saturated rings. The molecule has 1 amide bonds. The Morgan fingerprint density at radius 1 is 1.07 bits per heavy atom. The maximum absolute atomic E-state index is 13.1. The van der Waals surface area contributed by atoms with Gasteiger partial charge in [0.05, 0.1) is 19.2 Å². The van der Waals surface area contributed by atoms with Crippen molar-refractivity contribution in [2.75, 3.05) is 20.7 Å². The highest BCUT2D eigenvalue weighted by Crippen LogP contribution is 2.26. The van der Waals surface area contributed by atoms with Crippen molar-refractivity contribution in [3.8, 4) is 11.3 Å². The molecule has 3 aromatic rings. The molecule has 29 heavy (non-hydrogen) atoms. The van der Waals surface area contributed by atoms with Crippen LogP contribution in [0.25, 0.3) is 11.3 Å². The Balaban J connectivity index is 2.00. The van der Waals surface area contributed by atoms with Crippen molar-refractivity contribution >= 4 is 11.9 Å². The molecule has 0 bridgehead atoms. The topological polar surface area (TPSA) is 64.4 Å². The fourth-order valence-electron chi connectivity index (χ4n) is 3.07. The van der Waals surface area contributed by atoms with Gasteiger partial charge in [-0.05, 0) is 36.6 Å². The molecule has 2 aromatic carbocycles. The lowest BCUT2D eigenvalue weighted by Gasteiger charge is -2.15. The Hall–Kier alpha value is -3.41. The molecule has 0 atom stereocenters. The maximum Gasteiger partial charge on any atom is 0.325 e. The number of methoxy groups -OCH3 is 1. The Labute approximate surface area is 170 Å². The summed E-state index contributed by atoms with van der Waals surface area (Å²) in [6.07, 6.45) is 1.74. The number of esters is 1. The average Bonchev–Trinajstić information content (AvgIpc) is 3.13. The Morgan fingerprint density at radius 3 is 2.45 bits per heavy atom. The number of likely N-dealkylation sites (N-methyl/N-ethyl adjacent to an activating group) is 1. The van der Waals surface area contributed by atoms with Crippen LogP contribution in [-0.4, -0.2) is 47.3 Å². The molecule has 0 aliphatic rings. The van der Waals surface area contributed by atoms with Crippen LogP contribution >= 0.6 is 0 Å². The molecule has 0 saturated heterocycles. The van der Waals surface area contributed by atoms with E-state index in [9.17, 15) is 9.59 Å². The summed E-state index contributed by atoms with van der Waals surface area (Å²) in [6.45, 7) is 4.51. The molecule has 0 radical (unpaired) electrons. The van der Waals surface area contributed by atoms with Crippen molar-refractivity contribution < 1.29 is 14.3 Å². The number of nitrogens with zero attached hydrogens (tertiary/aromatic N) is 3. The Morgan fingerprint density at radius 2 is 1.79 bits per heavy atom. The standard InChI is InChI=1S/C23H25N3O3/c1-16-10-11-19(12-17(16)2)22-20(23(28)25(3)15-21(27)29-4)14-26(24-22)13-18-8-6-5-7-9-18/h5-12,14H,13,15H2,1-4H3. The van der Waals surface area contributed by atoms with Gasteiger partial charge in [-0.25, -0.2) is 0 Å². The van der Waals surface area contributed by atoms with Crippen LogP contribution < -0.4 is 0 Å². The zero-order valence-electron chi connectivity index (χ0n) is 17.2. The summed E-state index contributed by atoms with van der Waals surface area (Å²) in [7, 11) is 2.89. The van der Waals surface area contributed by atoms with Crippen molar-refractivity contribution in [1.29, 1.82) is 0 Å². The largest absolute Gasteiger partial charge is 0.468 e. The molecular weight excluding hydrogens is 366 g/mol. The number of amides is 1. The molecule has 1 heterocycles. The van der Waals surface area contributed by atoms with Gasteiger partial charge in [0.2, 0.25) is 0 Å². The van der Waals surface area contributed by atoms with Crippen molar-refractivity contribution in [2.24, 2.45) is 0 Å². The third-order valence-electron chi connectivity index (χ3n) is 4.90. The van der Waals surface area contributed by atoms with Crippen molar-refractivity contribution in [3.05, 3.63) is 77.0 Å². The lowest BCUT2D eigenvalue weighted by molar-refractivity contribution is -0.141. The van der Waals surface area contributed by atoms with Gasteiger partial charge in [-0.1, -0.05) is 42.5 Å². The van der Waals surface area contributed by atoms with Crippen LogP contribution in [0.1, 0.15) is 27.0 Å². The smallest absolute Gasteiger partial charge is 0.325 e. The number of carbonyl (C=O) groups is 2. The minimum absolute atomic E-state index is 0.119. The number of aryl methyl sites for hydroxylation is 2. The minimum Gasteiger partial charge on any atom is -0.468 e. The highest BCUT2D eigenvalue weighted by molar-refractivity contribution is 6.00. The molecule has 1 aromatic heterocycles. The molecule has 0 unspecified atom stereocenters. The van der Waals surface area contributed by atoms with Gasteiger partial charge in [0.1, 0.15) is 12.2 Å². The van der Waals surface area contributed by atoms with Gasteiger partial charge in [0, 0.05) is 18.8 Å². The van der Waals surface area contributed by atoms with Crippen LogP contribution in [0.5, 0.6) is 0 Å². The normalized spacial score (nSPS) is 10.6. The van der Waals surface area contributed by atoms with Gasteiger partial charge in [-0.15, -0.1) is 0 Å². The fraction of sp³-hybridized carbons (Fsp3) is 0.261. The predicted molar refractivity (Wildman–Crippen MR) is 112 cm³/mol. The number of hydrogen-bond donors (Lipinski definition) is 0. The lowest BCUT2D eigenvalue weighted by atomic mass is 10.0. The summed E-state index contributed by atoms with van der Waals surface area (Å²) in [6, 6.07) is 16.0. The second-order valence-electron chi connectivity index (χ2n) is 7.11. The van der Waals surface area contributed by atoms with E-state index in [0.717, 1.165) is 16.7 Å². The van der Waals surface area contributed by atoms with Crippen molar-refractivity contribution in [2.45, 2.75) is 20.4 Å². The van der Waals surface area contributed by atoms with Gasteiger partial charge in [0.25, 0.3) is 5.91 Å². The summed E-state index contributed by atoms with van der Waals surface area (Å²) >= 11 is 0. The molecule has 0 aliphatic heterocycles. The first-order valence-electron chi connectivity index (χ1n) is 9.40. The van der Waals surface area contributed by atoms with Crippen molar-refractivity contribution in [3.63, 3.8) is 0 Å². The summed E-state index contributed by atoms with van der Waals surface area (Å²) in [4.78, 5) is 26.0. The van der Waals surface area contributed by atoms with Crippen LogP contribution in [0, 0.1) is 13.8 Å². The third kappa shape index (κ3) is 4.71. The summed E-state index contributed by atoms with van der Waals surface area (Å²) in [5.74, 6) is -0.742. The molecule has 3 rings (SSSR count). The van der Waals surface area contributed by atoms with E-state index in [2.05, 4.69) is 4.74 Å². The highest BCUT2D eigenvalue weighted by atomic mass is 16.5. The number of ether oxygens (including phenoxy) is 1. The number of benzene rings is 2. The van der Waals surface area contributed by atoms with Gasteiger partial charge in [-0.3, -0.25) is 14.3 Å². The fourth-order valence-corrected chi connectivity index (χ4v) is 3.07. The Bertz CT molecular complexity index is 1030. The number of rotatable bonds is 6. The van der Waals surface area contributed by atoms with E-state index < -0.39 is 5.97 Å². The zero-order chi connectivity index (χ0) is 21.0. The monoisotopic (exact) mass is 391 g/mol. The van der Waals surface area contributed by atoms with Gasteiger partial charge < -0.3 is 9.64 Å². The molecule has 0 spiro atoms. The minimum atomic E-state index is -0.467. The second kappa shape index (κ2) is 8.73. The van der Waals surface area contributed by atoms with Gasteiger partial charge in [-0.2, -0.15) is 5.10 Å². The number of hydrogen-bond acceptors (Lipinski definition) is 4. The summed E-state index contributed by atoms with van der Waals surface area (Å²) in [5.41, 5.74) is 5.31. The SMILES string of the molecule is COC(=O)CN(C)C(=O)c1cn(Cc2ccccc2)nc1-c1ccc(C)c(C)c1. The lowest BCUT2D eigenvalue weighted by Crippen LogP contribution is -2.32. The molecule has 6 nitrogen and oxygen atoms in total. The molecule has 0 N–H and O–H groups in total. The first-order valence-corrected chi connectivity index (χ1v) is 9.40. The van der Waals surface area contributed by atoms with E-state index in [0.29, 0.717) is 17.8 Å². The first kappa shape index (κ1) is 20.3. The van der Waals surface area contributed by atoms with Crippen LogP contribution in [0.3, 0.4) is 0 Å². The average molecular weight is 391 g/mol. The van der Waals surface area contributed by atoms with E-state index in [1.807, 2.05) is 62.4 Å². The third-order valence-corrected chi connectivity index (χ3v) is 4.90. The first-order chi connectivity index (χ1) is 13.9. The van der Waals surface area contributed by atoms with Crippen LogP contribution in [-0.2, 0) is 16.1 Å². The van der Waals surface area contributed by atoms with E-state index in [-0.39, 0.29) is 12.5 Å². The summed E-state index contributed by atoms with van der Waals surface area (Å²) in [5, 5.41) is 4.70. The molecular formula is C23H25N3O3. The molecule has 0 saturated carbocycles. The number of aromatic nitrogens is 2. The maximum atomic E-state index is 13.1. The second-order valence-corrected chi connectivity index (χ2v) is 7.11. The van der Waals surface area contributed by atoms with Gasteiger partial charge >= 0.3 is 5.97 Å².